The first-order valence-corrected chi connectivity index (χ1v) is 7.00. The molecule has 2 saturated heterocycles. The van der Waals surface area contributed by atoms with Gasteiger partial charge in [-0.25, -0.2) is 8.42 Å². The van der Waals surface area contributed by atoms with Gasteiger partial charge in [-0.2, -0.15) is 0 Å². The normalized spacial score (nSPS) is 43.1. The highest BCUT2D eigenvalue weighted by atomic mass is 32.2. The van der Waals surface area contributed by atoms with Gasteiger partial charge in [0, 0.05) is 25.2 Å². The Balaban J connectivity index is 1.99. The Hall–Kier alpha value is -0.130. The highest BCUT2D eigenvalue weighted by Crippen LogP contribution is 2.23. The van der Waals surface area contributed by atoms with Crippen LogP contribution in [0.3, 0.4) is 0 Å². The van der Waals surface area contributed by atoms with E-state index in [2.05, 4.69) is 11.8 Å². The topological polar surface area (TPSA) is 63.4 Å². The van der Waals surface area contributed by atoms with E-state index < -0.39 is 9.84 Å². The number of hydrogen-bond donors (Lipinski definition) is 1. The van der Waals surface area contributed by atoms with E-state index in [0.29, 0.717) is 17.4 Å². The molecule has 3 unspecified atom stereocenters. The van der Waals surface area contributed by atoms with Crippen LogP contribution in [-0.2, 0) is 9.84 Å². The third-order valence-corrected chi connectivity index (χ3v) is 5.17. The minimum absolute atomic E-state index is 0.221. The Morgan fingerprint density at radius 1 is 1.36 bits per heavy atom. The monoisotopic (exact) mass is 218 g/mol. The molecule has 4 nitrogen and oxygen atoms in total. The van der Waals surface area contributed by atoms with E-state index in [0.717, 1.165) is 19.5 Å². The van der Waals surface area contributed by atoms with Crippen LogP contribution >= 0.6 is 0 Å². The largest absolute Gasteiger partial charge is 0.326 e. The Labute approximate surface area is 85.4 Å². The minimum atomic E-state index is -2.75. The SMILES string of the molecule is CC1CN(C2CCS(=O)(=O)C2)CC1N. The van der Waals surface area contributed by atoms with E-state index >= 15 is 0 Å². The van der Waals surface area contributed by atoms with E-state index in [-0.39, 0.29) is 12.1 Å². The molecule has 2 N–H and O–H groups in total. The Morgan fingerprint density at radius 2 is 2.07 bits per heavy atom. The van der Waals surface area contributed by atoms with Crippen LogP contribution in [0, 0.1) is 5.92 Å². The summed E-state index contributed by atoms with van der Waals surface area (Å²) in [5.41, 5.74) is 5.91. The van der Waals surface area contributed by atoms with Gasteiger partial charge < -0.3 is 5.73 Å². The fourth-order valence-electron chi connectivity index (χ4n) is 2.39. The molecule has 0 aliphatic carbocycles. The molecular weight excluding hydrogens is 200 g/mol. The van der Waals surface area contributed by atoms with Crippen LogP contribution in [0.1, 0.15) is 13.3 Å². The van der Waals surface area contributed by atoms with Crippen LogP contribution in [0.2, 0.25) is 0 Å². The van der Waals surface area contributed by atoms with E-state index in [1.165, 1.54) is 0 Å². The summed E-state index contributed by atoms with van der Waals surface area (Å²) in [5.74, 6) is 1.20. The number of likely N-dealkylation sites (tertiary alicyclic amines) is 1. The molecule has 0 aromatic rings. The Kier molecular flexibility index (Phi) is 2.57. The lowest BCUT2D eigenvalue weighted by Gasteiger charge is -2.21. The van der Waals surface area contributed by atoms with Crippen molar-refractivity contribution in [3.8, 4) is 0 Å². The van der Waals surface area contributed by atoms with Gasteiger partial charge in [-0.3, -0.25) is 4.90 Å². The molecule has 2 fully saturated rings. The quantitative estimate of drug-likeness (QED) is 0.641. The third-order valence-electron chi connectivity index (χ3n) is 3.42. The molecule has 3 atom stereocenters. The van der Waals surface area contributed by atoms with Gasteiger partial charge in [-0.1, -0.05) is 6.92 Å². The molecule has 2 aliphatic rings. The first kappa shape index (κ1) is 10.4. The first-order valence-electron chi connectivity index (χ1n) is 5.18. The van der Waals surface area contributed by atoms with Crippen molar-refractivity contribution < 1.29 is 8.42 Å². The molecule has 0 aromatic carbocycles. The van der Waals surface area contributed by atoms with E-state index in [1.807, 2.05) is 0 Å². The summed E-state index contributed by atoms with van der Waals surface area (Å²) in [6.45, 7) is 3.96. The number of rotatable bonds is 1. The van der Waals surface area contributed by atoms with Crippen LogP contribution in [0.15, 0.2) is 0 Å². The second-order valence-electron chi connectivity index (χ2n) is 4.65. The van der Waals surface area contributed by atoms with Gasteiger partial charge in [0.15, 0.2) is 9.84 Å². The van der Waals surface area contributed by atoms with E-state index in [4.69, 9.17) is 5.73 Å². The molecule has 14 heavy (non-hydrogen) atoms. The first-order chi connectivity index (χ1) is 6.48. The van der Waals surface area contributed by atoms with E-state index in [9.17, 15) is 8.42 Å². The second kappa shape index (κ2) is 3.47. The van der Waals surface area contributed by atoms with Crippen molar-refractivity contribution in [3.05, 3.63) is 0 Å². The molecule has 0 aromatic heterocycles. The minimum Gasteiger partial charge on any atom is -0.326 e. The molecule has 0 spiro atoms. The zero-order valence-electron chi connectivity index (χ0n) is 8.52. The molecule has 0 bridgehead atoms. The second-order valence-corrected chi connectivity index (χ2v) is 6.88. The van der Waals surface area contributed by atoms with Crippen molar-refractivity contribution in [2.45, 2.75) is 25.4 Å². The summed E-state index contributed by atoms with van der Waals surface area (Å²) in [6, 6.07) is 0.453. The highest BCUT2D eigenvalue weighted by Gasteiger charge is 2.37. The van der Waals surface area contributed by atoms with Crippen LogP contribution in [-0.4, -0.2) is 50.0 Å². The van der Waals surface area contributed by atoms with Crippen LogP contribution < -0.4 is 5.73 Å². The van der Waals surface area contributed by atoms with Crippen LogP contribution in [0.25, 0.3) is 0 Å². The maximum atomic E-state index is 11.3. The highest BCUT2D eigenvalue weighted by molar-refractivity contribution is 7.91. The smallest absolute Gasteiger partial charge is 0.151 e. The Morgan fingerprint density at radius 3 is 2.50 bits per heavy atom. The van der Waals surface area contributed by atoms with Crippen LogP contribution in [0.4, 0.5) is 0 Å². The molecular formula is C9H18N2O2S. The fraction of sp³-hybridized carbons (Fsp3) is 1.00. The predicted octanol–water partition coefficient (Wildman–Crippen LogP) is -0.547. The molecule has 0 amide bonds. The van der Waals surface area contributed by atoms with Crippen molar-refractivity contribution in [1.29, 1.82) is 0 Å². The van der Waals surface area contributed by atoms with Crippen molar-refractivity contribution in [1.82, 2.24) is 4.90 Å². The third kappa shape index (κ3) is 1.94. The zero-order valence-corrected chi connectivity index (χ0v) is 9.33. The zero-order chi connectivity index (χ0) is 10.3. The number of hydrogen-bond acceptors (Lipinski definition) is 4. The summed E-state index contributed by atoms with van der Waals surface area (Å²) in [5, 5.41) is 0. The molecule has 5 heteroatoms. The van der Waals surface area contributed by atoms with Crippen molar-refractivity contribution in [3.63, 3.8) is 0 Å². The number of nitrogens with two attached hydrogens (primary N) is 1. The van der Waals surface area contributed by atoms with Gasteiger partial charge in [0.05, 0.1) is 11.5 Å². The molecule has 2 aliphatic heterocycles. The fourth-order valence-corrected chi connectivity index (χ4v) is 4.15. The van der Waals surface area contributed by atoms with Gasteiger partial charge in [0.1, 0.15) is 0 Å². The summed E-state index contributed by atoms with van der Waals surface area (Å²) >= 11 is 0. The van der Waals surface area contributed by atoms with Crippen molar-refractivity contribution in [2.24, 2.45) is 11.7 Å². The van der Waals surface area contributed by atoms with Gasteiger partial charge >= 0.3 is 0 Å². The van der Waals surface area contributed by atoms with Gasteiger partial charge in [0.2, 0.25) is 0 Å². The summed E-state index contributed by atoms with van der Waals surface area (Å²) in [6.07, 6.45) is 0.793. The number of nitrogens with zero attached hydrogens (tertiary/aromatic N) is 1. The standard InChI is InChI=1S/C9H18N2O2S/c1-7-4-11(5-9(7)10)8-2-3-14(12,13)6-8/h7-9H,2-6,10H2,1H3. The average Bonchev–Trinajstić information content (AvgIpc) is 2.57. The maximum Gasteiger partial charge on any atom is 0.151 e. The predicted molar refractivity (Wildman–Crippen MR) is 55.8 cm³/mol. The summed E-state index contributed by atoms with van der Waals surface area (Å²) in [4.78, 5) is 2.25. The maximum absolute atomic E-state index is 11.3. The van der Waals surface area contributed by atoms with Gasteiger partial charge in [-0.15, -0.1) is 0 Å². The average molecular weight is 218 g/mol. The molecule has 82 valence electrons. The summed E-state index contributed by atoms with van der Waals surface area (Å²) in [7, 11) is -2.75. The lowest BCUT2D eigenvalue weighted by atomic mass is 10.1. The van der Waals surface area contributed by atoms with Gasteiger partial charge in [-0.05, 0) is 12.3 Å². The molecule has 0 saturated carbocycles. The lowest BCUT2D eigenvalue weighted by Crippen LogP contribution is -2.36. The van der Waals surface area contributed by atoms with E-state index in [1.54, 1.807) is 0 Å². The number of sulfone groups is 1. The van der Waals surface area contributed by atoms with Crippen molar-refractivity contribution in [2.75, 3.05) is 24.6 Å². The summed E-state index contributed by atoms with van der Waals surface area (Å²) < 4.78 is 22.6. The lowest BCUT2D eigenvalue weighted by molar-refractivity contribution is 0.254. The Bertz CT molecular complexity index is 305. The van der Waals surface area contributed by atoms with Gasteiger partial charge in [0.25, 0.3) is 0 Å². The van der Waals surface area contributed by atoms with Crippen molar-refractivity contribution >= 4 is 9.84 Å². The molecule has 0 radical (unpaired) electrons. The molecule has 2 heterocycles. The van der Waals surface area contributed by atoms with Crippen LogP contribution in [0.5, 0.6) is 0 Å². The molecule has 2 rings (SSSR count).